The quantitative estimate of drug-likeness (QED) is 0.273. The van der Waals surface area contributed by atoms with E-state index in [4.69, 9.17) is 0 Å². The van der Waals surface area contributed by atoms with E-state index in [1.54, 1.807) is 7.05 Å². The molecule has 0 aromatic rings. The van der Waals surface area contributed by atoms with Gasteiger partial charge in [-0.25, -0.2) is 13.1 Å². The third-order valence-corrected chi connectivity index (χ3v) is 5.22. The molecule has 1 saturated heterocycles. The average molecular weight is 489 g/mol. The summed E-state index contributed by atoms with van der Waals surface area (Å²) in [6.07, 6.45) is 6.31. The highest BCUT2D eigenvalue weighted by Crippen LogP contribution is 2.18. The van der Waals surface area contributed by atoms with Crippen molar-refractivity contribution in [2.45, 2.75) is 58.0 Å². The molecule has 0 aromatic heterocycles. The van der Waals surface area contributed by atoms with Crippen molar-refractivity contribution in [2.24, 2.45) is 4.99 Å². The van der Waals surface area contributed by atoms with Crippen LogP contribution in [-0.4, -0.2) is 70.3 Å². The van der Waals surface area contributed by atoms with Crippen LogP contribution in [0.1, 0.15) is 46.5 Å². The number of rotatable bonds is 8. The van der Waals surface area contributed by atoms with Gasteiger partial charge in [0.05, 0.1) is 6.26 Å². The number of piperidine rings is 1. The lowest BCUT2D eigenvalue weighted by atomic mass is 10.0. The fourth-order valence-electron chi connectivity index (χ4n) is 3.20. The van der Waals surface area contributed by atoms with Crippen LogP contribution in [-0.2, 0) is 10.0 Å². The largest absolute Gasteiger partial charge is 0.355 e. The second kappa shape index (κ2) is 11.6. The lowest BCUT2D eigenvalue weighted by Crippen LogP contribution is -2.53. The lowest BCUT2D eigenvalue weighted by molar-refractivity contribution is 0.147. The van der Waals surface area contributed by atoms with Crippen LogP contribution in [0.2, 0.25) is 0 Å². The fraction of sp³-hybridized carbons (Fsp3) is 0.938. The van der Waals surface area contributed by atoms with Gasteiger partial charge in [0.25, 0.3) is 0 Å². The number of likely N-dealkylation sites (tertiary alicyclic amines) is 1. The number of hydrogen-bond donors (Lipinski definition) is 3. The first-order valence-electron chi connectivity index (χ1n) is 8.84. The first kappa shape index (κ1) is 24.9. The summed E-state index contributed by atoms with van der Waals surface area (Å²) in [6.45, 7) is 9.41. The van der Waals surface area contributed by atoms with Crippen molar-refractivity contribution in [1.82, 2.24) is 20.3 Å². The molecule has 25 heavy (non-hydrogen) atoms. The van der Waals surface area contributed by atoms with Gasteiger partial charge in [0.2, 0.25) is 10.0 Å². The minimum Gasteiger partial charge on any atom is -0.355 e. The van der Waals surface area contributed by atoms with E-state index in [2.05, 4.69) is 32.2 Å². The number of nitrogens with zero attached hydrogens (tertiary/aromatic N) is 2. The summed E-state index contributed by atoms with van der Waals surface area (Å²) in [5, 5.41) is 6.51. The molecule has 0 bridgehead atoms. The maximum absolute atomic E-state index is 11.4. The van der Waals surface area contributed by atoms with Gasteiger partial charge in [-0.3, -0.25) is 9.89 Å². The summed E-state index contributed by atoms with van der Waals surface area (Å²) in [6, 6.07) is 0.702. The van der Waals surface area contributed by atoms with E-state index in [-0.39, 0.29) is 24.0 Å². The number of hydrogen-bond acceptors (Lipinski definition) is 4. The molecule has 1 aliphatic rings. The lowest BCUT2D eigenvalue weighted by Gasteiger charge is -2.35. The van der Waals surface area contributed by atoms with Crippen LogP contribution < -0.4 is 15.4 Å². The Morgan fingerprint density at radius 2 is 1.96 bits per heavy atom. The fourth-order valence-corrected chi connectivity index (χ4v) is 4.27. The van der Waals surface area contributed by atoms with Gasteiger partial charge in [-0.15, -0.1) is 24.0 Å². The van der Waals surface area contributed by atoms with Gasteiger partial charge in [-0.05, 0) is 39.7 Å². The molecule has 9 heteroatoms. The number of aliphatic imine (C=N–C) groups is 1. The summed E-state index contributed by atoms with van der Waals surface area (Å²) < 4.78 is 25.4. The number of sulfonamides is 1. The molecule has 0 aliphatic carbocycles. The molecular formula is C16H36IN5O2S. The summed E-state index contributed by atoms with van der Waals surface area (Å²) >= 11 is 0. The zero-order valence-corrected chi connectivity index (χ0v) is 19.4. The summed E-state index contributed by atoms with van der Waals surface area (Å²) in [7, 11) is -1.51. The molecule has 1 rings (SSSR count). The molecule has 0 amide bonds. The van der Waals surface area contributed by atoms with Gasteiger partial charge < -0.3 is 10.6 Å². The predicted octanol–water partition coefficient (Wildman–Crippen LogP) is 1.36. The number of nitrogens with one attached hydrogen (secondary N) is 3. The summed E-state index contributed by atoms with van der Waals surface area (Å²) in [5.41, 5.74) is -0.578. The maximum Gasteiger partial charge on any atom is 0.209 e. The van der Waals surface area contributed by atoms with Crippen molar-refractivity contribution in [3.05, 3.63) is 0 Å². The van der Waals surface area contributed by atoms with E-state index in [1.807, 2.05) is 13.8 Å². The SMILES string of the molecule is CCC1CCCCN1CCNC(=NC)NCC(C)(C)NS(C)(=O)=O.I. The van der Waals surface area contributed by atoms with Crippen LogP contribution in [0.5, 0.6) is 0 Å². The smallest absolute Gasteiger partial charge is 0.209 e. The molecule has 0 aromatic carbocycles. The third kappa shape index (κ3) is 10.6. The second-order valence-electron chi connectivity index (χ2n) is 7.20. The monoisotopic (exact) mass is 489 g/mol. The predicted molar refractivity (Wildman–Crippen MR) is 116 cm³/mol. The standard InChI is InChI=1S/C16H35N5O2S.HI/c1-6-14-9-7-8-11-21(14)12-10-18-15(17-4)19-13-16(2,3)20-24(5,22)23;/h14,20H,6-13H2,1-5H3,(H2,17,18,19);1H. The van der Waals surface area contributed by atoms with Crippen molar-refractivity contribution in [3.8, 4) is 0 Å². The topological polar surface area (TPSA) is 85.8 Å². The molecule has 0 spiro atoms. The van der Waals surface area contributed by atoms with Crippen LogP contribution >= 0.6 is 24.0 Å². The Labute approximate surface area is 170 Å². The Morgan fingerprint density at radius 1 is 1.28 bits per heavy atom. The number of halogens is 1. The van der Waals surface area contributed by atoms with Gasteiger partial charge in [-0.1, -0.05) is 13.3 Å². The average Bonchev–Trinajstić information content (AvgIpc) is 2.48. The Bertz CT molecular complexity index is 511. The van der Waals surface area contributed by atoms with E-state index < -0.39 is 15.6 Å². The second-order valence-corrected chi connectivity index (χ2v) is 8.95. The highest BCUT2D eigenvalue weighted by Gasteiger charge is 2.23. The Hall–Kier alpha value is -0.130. The molecule has 1 atom stereocenters. The van der Waals surface area contributed by atoms with Crippen molar-refractivity contribution < 1.29 is 8.42 Å². The van der Waals surface area contributed by atoms with Gasteiger partial charge in [-0.2, -0.15) is 0 Å². The van der Waals surface area contributed by atoms with E-state index in [0.29, 0.717) is 18.5 Å². The first-order chi connectivity index (χ1) is 11.2. The molecule has 0 saturated carbocycles. The van der Waals surface area contributed by atoms with Crippen molar-refractivity contribution in [2.75, 3.05) is 39.5 Å². The maximum atomic E-state index is 11.4. The minimum absolute atomic E-state index is 0. The Balaban J connectivity index is 0.00000576. The van der Waals surface area contributed by atoms with Crippen LogP contribution in [0, 0.1) is 0 Å². The molecule has 1 aliphatic heterocycles. The van der Waals surface area contributed by atoms with Crippen LogP contribution in [0.4, 0.5) is 0 Å². The molecule has 1 fully saturated rings. The van der Waals surface area contributed by atoms with Crippen LogP contribution in [0.25, 0.3) is 0 Å². The van der Waals surface area contributed by atoms with Gasteiger partial charge in [0.1, 0.15) is 0 Å². The van der Waals surface area contributed by atoms with Gasteiger partial charge >= 0.3 is 0 Å². The molecule has 1 unspecified atom stereocenters. The van der Waals surface area contributed by atoms with E-state index in [1.165, 1.54) is 38.5 Å². The van der Waals surface area contributed by atoms with E-state index in [0.717, 1.165) is 13.1 Å². The van der Waals surface area contributed by atoms with E-state index >= 15 is 0 Å². The Morgan fingerprint density at radius 3 is 2.52 bits per heavy atom. The molecule has 0 radical (unpaired) electrons. The molecular weight excluding hydrogens is 453 g/mol. The minimum atomic E-state index is -3.23. The highest BCUT2D eigenvalue weighted by atomic mass is 127. The van der Waals surface area contributed by atoms with Crippen molar-refractivity contribution in [3.63, 3.8) is 0 Å². The normalized spacial score (nSPS) is 20.0. The number of guanidine groups is 1. The summed E-state index contributed by atoms with van der Waals surface area (Å²) in [4.78, 5) is 6.76. The Kier molecular flexibility index (Phi) is 11.5. The van der Waals surface area contributed by atoms with Crippen molar-refractivity contribution in [1.29, 1.82) is 0 Å². The molecule has 150 valence electrons. The first-order valence-corrected chi connectivity index (χ1v) is 10.7. The molecule has 7 nitrogen and oxygen atoms in total. The van der Waals surface area contributed by atoms with Crippen molar-refractivity contribution >= 4 is 40.0 Å². The third-order valence-electron chi connectivity index (χ3n) is 4.29. The molecule has 3 N–H and O–H groups in total. The summed E-state index contributed by atoms with van der Waals surface area (Å²) in [5.74, 6) is 0.698. The van der Waals surface area contributed by atoms with Crippen LogP contribution in [0.15, 0.2) is 4.99 Å². The zero-order valence-electron chi connectivity index (χ0n) is 16.3. The van der Waals surface area contributed by atoms with E-state index in [9.17, 15) is 8.42 Å². The highest BCUT2D eigenvalue weighted by molar-refractivity contribution is 14.0. The van der Waals surface area contributed by atoms with Gasteiger partial charge in [0, 0.05) is 38.3 Å². The van der Waals surface area contributed by atoms with Gasteiger partial charge in [0.15, 0.2) is 5.96 Å². The molecule has 1 heterocycles. The van der Waals surface area contributed by atoms with Crippen LogP contribution in [0.3, 0.4) is 0 Å². The zero-order chi connectivity index (χ0) is 18.2.